The van der Waals surface area contributed by atoms with Crippen molar-refractivity contribution in [1.29, 1.82) is 0 Å². The summed E-state index contributed by atoms with van der Waals surface area (Å²) in [5, 5.41) is 25.5. The number of halogens is 1. The number of alkyl halides is 1. The van der Waals surface area contributed by atoms with E-state index in [2.05, 4.69) is 16.7 Å². The molecule has 2 aliphatic rings. The number of hydrogen-bond acceptors (Lipinski definition) is 5. The van der Waals surface area contributed by atoms with Crippen LogP contribution >= 0.6 is 11.6 Å². The fourth-order valence-corrected chi connectivity index (χ4v) is 5.09. The van der Waals surface area contributed by atoms with E-state index in [1.54, 1.807) is 0 Å². The molecule has 0 radical (unpaired) electrons. The Morgan fingerprint density at radius 1 is 1.28 bits per heavy atom. The van der Waals surface area contributed by atoms with Crippen LogP contribution in [0.5, 0.6) is 0 Å². The second-order valence-electron chi connectivity index (χ2n) is 8.80. The van der Waals surface area contributed by atoms with Crippen LogP contribution in [0.1, 0.15) is 77.6 Å². The first kappa shape index (κ1) is 24.6. The summed E-state index contributed by atoms with van der Waals surface area (Å²) in [6.45, 7) is 2.00. The molecule has 168 valence electrons. The van der Waals surface area contributed by atoms with E-state index < -0.39 is 18.5 Å². The maximum Gasteiger partial charge on any atom is 0.237 e. The van der Waals surface area contributed by atoms with Crippen molar-refractivity contribution in [3.63, 3.8) is 0 Å². The number of rotatable bonds is 11. The molecule has 1 amide bonds. The van der Waals surface area contributed by atoms with Crippen molar-refractivity contribution < 1.29 is 15.0 Å². The van der Waals surface area contributed by atoms with E-state index in [4.69, 9.17) is 22.4 Å². The maximum atomic E-state index is 12.2. The Morgan fingerprint density at radius 3 is 2.69 bits per heavy atom. The Bertz CT molecular complexity index is 529. The van der Waals surface area contributed by atoms with Crippen LogP contribution in [-0.2, 0) is 4.79 Å². The van der Waals surface area contributed by atoms with Gasteiger partial charge in [0.1, 0.15) is 12.5 Å². The number of carbonyl (C=O) groups is 1. The molecule has 6 N–H and O–H groups in total. The van der Waals surface area contributed by atoms with Crippen LogP contribution in [-0.4, -0.2) is 46.5 Å². The van der Waals surface area contributed by atoms with E-state index in [1.807, 2.05) is 6.92 Å². The number of nitrogens with two attached hydrogens (primary N) is 1. The molecule has 0 spiro atoms. The van der Waals surface area contributed by atoms with Crippen molar-refractivity contribution in [2.24, 2.45) is 17.6 Å². The predicted octanol–water partition coefficient (Wildman–Crippen LogP) is 2.76. The zero-order chi connectivity index (χ0) is 21.2. The minimum atomic E-state index is -1.07. The lowest BCUT2D eigenvalue weighted by Crippen LogP contribution is -2.50. The number of hydrogen-bond donors (Lipinski definition) is 5. The number of aliphatic hydroxyl groups excluding tert-OH is 2. The molecule has 6 atom stereocenters. The van der Waals surface area contributed by atoms with Gasteiger partial charge in [-0.15, -0.1) is 11.6 Å². The van der Waals surface area contributed by atoms with E-state index in [9.17, 15) is 9.90 Å². The van der Waals surface area contributed by atoms with Gasteiger partial charge >= 0.3 is 0 Å². The van der Waals surface area contributed by atoms with Gasteiger partial charge in [-0.2, -0.15) is 0 Å². The summed E-state index contributed by atoms with van der Waals surface area (Å²) in [5.74, 6) is 1.30. The Hall–Kier alpha value is -0.660. The van der Waals surface area contributed by atoms with Gasteiger partial charge in [-0.1, -0.05) is 37.8 Å². The summed E-state index contributed by atoms with van der Waals surface area (Å²) < 4.78 is 0. The van der Waals surface area contributed by atoms with Crippen molar-refractivity contribution >= 4 is 17.5 Å². The Balaban J connectivity index is 1.73. The molecule has 29 heavy (non-hydrogen) atoms. The van der Waals surface area contributed by atoms with Gasteiger partial charge in [0.2, 0.25) is 5.91 Å². The Labute approximate surface area is 180 Å². The number of carbonyl (C=O) groups excluding carboxylic acids is 1. The highest BCUT2D eigenvalue weighted by molar-refractivity contribution is 6.20. The van der Waals surface area contributed by atoms with Crippen LogP contribution in [0, 0.1) is 11.8 Å². The van der Waals surface area contributed by atoms with Gasteiger partial charge in [0.05, 0.1) is 12.6 Å². The molecule has 7 heteroatoms. The highest BCUT2D eigenvalue weighted by Gasteiger charge is 2.28. The van der Waals surface area contributed by atoms with E-state index in [-0.39, 0.29) is 12.5 Å². The minimum Gasteiger partial charge on any atom is -0.379 e. The van der Waals surface area contributed by atoms with Crippen LogP contribution in [0.2, 0.25) is 0 Å². The second kappa shape index (κ2) is 12.9. The molecule has 0 aromatic heterocycles. The van der Waals surface area contributed by atoms with E-state index in [0.717, 1.165) is 37.5 Å². The van der Waals surface area contributed by atoms with Gasteiger partial charge in [0.25, 0.3) is 0 Å². The quantitative estimate of drug-likeness (QED) is 0.197. The topological polar surface area (TPSA) is 108 Å². The van der Waals surface area contributed by atoms with E-state index in [1.165, 1.54) is 37.7 Å². The SMILES string of the molecule is CCC[C@H](NC(O)CCC1=CC[C@H](C2CCCC(Cl)C2)CC1)C(=O)NC[C@H](N)O. The lowest BCUT2D eigenvalue weighted by molar-refractivity contribution is -0.124. The molecular formula is C22H40ClN3O3. The summed E-state index contributed by atoms with van der Waals surface area (Å²) in [4.78, 5) is 12.2. The van der Waals surface area contributed by atoms with E-state index in [0.29, 0.717) is 18.2 Å². The second-order valence-corrected chi connectivity index (χ2v) is 9.41. The maximum absolute atomic E-state index is 12.2. The van der Waals surface area contributed by atoms with Gasteiger partial charge < -0.3 is 21.3 Å². The van der Waals surface area contributed by atoms with Crippen molar-refractivity contribution in [2.45, 2.75) is 101 Å². The fraction of sp³-hybridized carbons (Fsp3) is 0.864. The van der Waals surface area contributed by atoms with Crippen molar-refractivity contribution in [2.75, 3.05) is 6.54 Å². The molecule has 2 rings (SSSR count). The molecule has 0 aromatic carbocycles. The zero-order valence-electron chi connectivity index (χ0n) is 17.8. The first-order valence-corrected chi connectivity index (χ1v) is 11.8. The summed E-state index contributed by atoms with van der Waals surface area (Å²) in [6, 6.07) is -0.478. The molecule has 1 fully saturated rings. The third-order valence-electron chi connectivity index (χ3n) is 6.37. The molecule has 0 heterocycles. The third-order valence-corrected chi connectivity index (χ3v) is 6.77. The van der Waals surface area contributed by atoms with Crippen LogP contribution in [0.15, 0.2) is 11.6 Å². The van der Waals surface area contributed by atoms with Crippen LogP contribution < -0.4 is 16.4 Å². The molecule has 3 unspecified atom stereocenters. The molecule has 0 aromatic rings. The van der Waals surface area contributed by atoms with Gasteiger partial charge in [0.15, 0.2) is 0 Å². The van der Waals surface area contributed by atoms with Crippen molar-refractivity contribution in [3.8, 4) is 0 Å². The molecule has 0 aliphatic heterocycles. The van der Waals surface area contributed by atoms with Crippen LogP contribution in [0.4, 0.5) is 0 Å². The first-order valence-electron chi connectivity index (χ1n) is 11.4. The van der Waals surface area contributed by atoms with Crippen LogP contribution in [0.3, 0.4) is 0 Å². The molecule has 0 bridgehead atoms. The summed E-state index contributed by atoms with van der Waals surface area (Å²) in [7, 11) is 0. The summed E-state index contributed by atoms with van der Waals surface area (Å²) in [5.41, 5.74) is 6.69. The monoisotopic (exact) mass is 429 g/mol. The number of aliphatic hydroxyl groups is 2. The average molecular weight is 430 g/mol. The normalized spacial score (nSPS) is 28.3. The number of nitrogens with one attached hydrogen (secondary N) is 2. The average Bonchev–Trinajstić information content (AvgIpc) is 2.70. The number of amides is 1. The highest BCUT2D eigenvalue weighted by atomic mass is 35.5. The van der Waals surface area contributed by atoms with Gasteiger partial charge in [-0.05, 0) is 63.2 Å². The molecule has 2 aliphatic carbocycles. The molecule has 1 saturated carbocycles. The number of allylic oxidation sites excluding steroid dienone is 2. The molecular weight excluding hydrogens is 390 g/mol. The van der Waals surface area contributed by atoms with E-state index >= 15 is 0 Å². The predicted molar refractivity (Wildman–Crippen MR) is 117 cm³/mol. The Kier molecular flexibility index (Phi) is 10.9. The summed E-state index contributed by atoms with van der Waals surface area (Å²) in [6.07, 6.45) is 11.8. The third kappa shape index (κ3) is 8.93. The van der Waals surface area contributed by atoms with Gasteiger partial charge in [-0.25, -0.2) is 0 Å². The zero-order valence-corrected chi connectivity index (χ0v) is 18.5. The lowest BCUT2D eigenvalue weighted by atomic mass is 9.73. The highest BCUT2D eigenvalue weighted by Crippen LogP contribution is 2.39. The minimum absolute atomic E-state index is 0.0103. The summed E-state index contributed by atoms with van der Waals surface area (Å²) >= 11 is 6.37. The first-order chi connectivity index (χ1) is 13.9. The standard InChI is InChI=1S/C22H40ClN3O3/c1-2-4-19(22(29)25-14-20(24)27)26-21(28)12-9-15-7-10-16(11-8-15)17-5-3-6-18(23)13-17/h7,16-21,26-28H,2-6,8-14,24H2,1H3,(H,25,29)/t16-,17?,18?,19-,20+,21?/m0/s1. The molecule has 0 saturated heterocycles. The van der Waals surface area contributed by atoms with Crippen molar-refractivity contribution in [1.82, 2.24) is 10.6 Å². The largest absolute Gasteiger partial charge is 0.379 e. The lowest BCUT2D eigenvalue weighted by Gasteiger charge is -2.34. The smallest absolute Gasteiger partial charge is 0.237 e. The van der Waals surface area contributed by atoms with Crippen LogP contribution in [0.25, 0.3) is 0 Å². The van der Waals surface area contributed by atoms with Gasteiger partial charge in [0, 0.05) is 5.38 Å². The van der Waals surface area contributed by atoms with Gasteiger partial charge in [-0.3, -0.25) is 10.1 Å². The Morgan fingerprint density at radius 2 is 2.07 bits per heavy atom. The van der Waals surface area contributed by atoms with Crippen molar-refractivity contribution in [3.05, 3.63) is 11.6 Å². The fourth-order valence-electron chi connectivity index (χ4n) is 4.70. The molecule has 6 nitrogen and oxygen atoms in total.